The van der Waals surface area contributed by atoms with Crippen molar-refractivity contribution in [3.8, 4) is 0 Å². The van der Waals surface area contributed by atoms with Gasteiger partial charge in [0.1, 0.15) is 0 Å². The smallest absolute Gasteiger partial charge is 0.151 e. The van der Waals surface area contributed by atoms with Gasteiger partial charge in [0.2, 0.25) is 0 Å². The Balaban J connectivity index is 3.42. The molecule has 0 heterocycles. The van der Waals surface area contributed by atoms with Gasteiger partial charge in [0.25, 0.3) is 0 Å². The quantitative estimate of drug-likeness (QED) is 0.156. The summed E-state index contributed by atoms with van der Waals surface area (Å²) in [7, 11) is 0. The molecular formula is C23H49NO3. The summed E-state index contributed by atoms with van der Waals surface area (Å²) < 4.78 is 0. The average molecular weight is 388 g/mol. The van der Waals surface area contributed by atoms with Crippen molar-refractivity contribution in [2.75, 3.05) is 6.61 Å². The molecule has 1 atom stereocenters. The van der Waals surface area contributed by atoms with Crippen molar-refractivity contribution in [3.05, 3.63) is 0 Å². The fourth-order valence-corrected chi connectivity index (χ4v) is 3.86. The van der Waals surface area contributed by atoms with E-state index in [1.165, 1.54) is 89.9 Å². The van der Waals surface area contributed by atoms with E-state index in [1.54, 1.807) is 0 Å². The van der Waals surface area contributed by atoms with E-state index in [0.29, 0.717) is 12.8 Å². The minimum absolute atomic E-state index is 0.0662. The normalized spacial score (nSPS) is 14.0. The van der Waals surface area contributed by atoms with E-state index in [-0.39, 0.29) is 13.0 Å². The minimum atomic E-state index is -1.30. The Morgan fingerprint density at radius 3 is 1.41 bits per heavy atom. The molecule has 5 N–H and O–H groups in total. The van der Waals surface area contributed by atoms with Crippen LogP contribution in [0.1, 0.15) is 129 Å². The molecule has 164 valence electrons. The Hall–Kier alpha value is -0.160. The van der Waals surface area contributed by atoms with Gasteiger partial charge in [-0.3, -0.25) is 0 Å². The highest BCUT2D eigenvalue weighted by Crippen LogP contribution is 2.23. The summed E-state index contributed by atoms with van der Waals surface area (Å²) in [5.74, 6) is 0. The number of nitrogens with two attached hydrogens (primary N) is 1. The van der Waals surface area contributed by atoms with Crippen LogP contribution in [0.15, 0.2) is 0 Å². The second-order valence-electron chi connectivity index (χ2n) is 8.56. The molecular weight excluding hydrogens is 338 g/mol. The monoisotopic (exact) mass is 387 g/mol. The molecule has 0 aromatic carbocycles. The zero-order valence-corrected chi connectivity index (χ0v) is 18.1. The van der Waals surface area contributed by atoms with Crippen LogP contribution in [-0.4, -0.2) is 33.8 Å². The molecule has 4 heteroatoms. The van der Waals surface area contributed by atoms with Crippen molar-refractivity contribution in [2.24, 2.45) is 5.73 Å². The van der Waals surface area contributed by atoms with Gasteiger partial charge < -0.3 is 21.1 Å². The van der Waals surface area contributed by atoms with E-state index in [0.717, 1.165) is 12.8 Å². The highest BCUT2D eigenvalue weighted by molar-refractivity contribution is 4.83. The van der Waals surface area contributed by atoms with E-state index >= 15 is 0 Å². The van der Waals surface area contributed by atoms with Gasteiger partial charge in [0, 0.05) is 12.1 Å². The fourth-order valence-electron chi connectivity index (χ4n) is 3.86. The maximum absolute atomic E-state index is 9.19. The van der Waals surface area contributed by atoms with Crippen LogP contribution < -0.4 is 5.73 Å². The highest BCUT2D eigenvalue weighted by atomic mass is 16.5. The number of hydrogen-bond acceptors (Lipinski definition) is 4. The van der Waals surface area contributed by atoms with Crippen molar-refractivity contribution >= 4 is 0 Å². The maximum Gasteiger partial charge on any atom is 0.151 e. The Morgan fingerprint density at radius 1 is 0.630 bits per heavy atom. The molecule has 1 unspecified atom stereocenters. The summed E-state index contributed by atoms with van der Waals surface area (Å²) in [5.41, 5.74) is 5.88. The molecule has 0 rings (SSSR count). The first-order valence-corrected chi connectivity index (χ1v) is 11.8. The van der Waals surface area contributed by atoms with Crippen molar-refractivity contribution < 1.29 is 15.3 Å². The Morgan fingerprint density at radius 2 is 1.04 bits per heavy atom. The molecule has 4 nitrogen and oxygen atoms in total. The third-order valence-corrected chi connectivity index (χ3v) is 5.79. The number of aliphatic hydroxyl groups is 3. The molecule has 0 fully saturated rings. The van der Waals surface area contributed by atoms with Gasteiger partial charge in [-0.05, 0) is 25.7 Å². The predicted octanol–water partition coefficient (Wildman–Crippen LogP) is 5.42. The van der Waals surface area contributed by atoms with E-state index < -0.39 is 11.8 Å². The van der Waals surface area contributed by atoms with Crippen molar-refractivity contribution in [3.63, 3.8) is 0 Å². The lowest BCUT2D eigenvalue weighted by molar-refractivity contribution is -0.0508. The first kappa shape index (κ1) is 26.8. The lowest BCUT2D eigenvalue weighted by Crippen LogP contribution is -2.41. The SMILES string of the molecule is CCCCCCCCCCCCCCCCCC(N)(CCO)CCC(O)O. The zero-order chi connectivity index (χ0) is 20.2. The molecule has 0 saturated carbocycles. The molecule has 0 aliphatic carbocycles. The van der Waals surface area contributed by atoms with E-state index in [2.05, 4.69) is 6.92 Å². The van der Waals surface area contributed by atoms with Gasteiger partial charge >= 0.3 is 0 Å². The summed E-state index contributed by atoms with van der Waals surface area (Å²) in [4.78, 5) is 0. The van der Waals surface area contributed by atoms with E-state index in [9.17, 15) is 5.11 Å². The van der Waals surface area contributed by atoms with Gasteiger partial charge in [-0.1, -0.05) is 103 Å². The second kappa shape index (κ2) is 19.2. The average Bonchev–Trinajstić information content (AvgIpc) is 2.63. The second-order valence-corrected chi connectivity index (χ2v) is 8.56. The fraction of sp³-hybridized carbons (Fsp3) is 1.00. The van der Waals surface area contributed by atoms with Crippen LogP contribution in [-0.2, 0) is 0 Å². The van der Waals surface area contributed by atoms with Gasteiger partial charge in [-0.15, -0.1) is 0 Å². The molecule has 0 amide bonds. The van der Waals surface area contributed by atoms with Crippen molar-refractivity contribution in [2.45, 2.75) is 141 Å². The predicted molar refractivity (Wildman–Crippen MR) is 116 cm³/mol. The molecule has 0 radical (unpaired) electrons. The highest BCUT2D eigenvalue weighted by Gasteiger charge is 2.24. The van der Waals surface area contributed by atoms with E-state index in [1.807, 2.05) is 0 Å². The standard InChI is InChI=1S/C23H49NO3/c1-2-3-4-5-6-7-8-9-10-11-12-13-14-15-16-18-23(24,20-21-25)19-17-22(26)27/h22,25-27H,2-21,24H2,1H3. The van der Waals surface area contributed by atoms with Crippen LogP contribution in [0.5, 0.6) is 0 Å². The third-order valence-electron chi connectivity index (χ3n) is 5.79. The van der Waals surface area contributed by atoms with Gasteiger partial charge in [-0.25, -0.2) is 0 Å². The molecule has 0 bridgehead atoms. The summed E-state index contributed by atoms with van der Waals surface area (Å²) >= 11 is 0. The van der Waals surface area contributed by atoms with Crippen LogP contribution in [0.4, 0.5) is 0 Å². The largest absolute Gasteiger partial charge is 0.396 e. The molecule has 0 aliphatic heterocycles. The van der Waals surface area contributed by atoms with Crippen molar-refractivity contribution in [1.29, 1.82) is 0 Å². The summed E-state index contributed by atoms with van der Waals surface area (Å²) in [6.45, 7) is 2.34. The lowest BCUT2D eigenvalue weighted by Gasteiger charge is -2.29. The van der Waals surface area contributed by atoms with Gasteiger partial charge in [0.05, 0.1) is 0 Å². The van der Waals surface area contributed by atoms with Crippen LogP contribution in [0.2, 0.25) is 0 Å². The molecule has 0 aromatic rings. The Kier molecular flexibility index (Phi) is 19.1. The Bertz CT molecular complexity index is 299. The molecule has 0 aromatic heterocycles. The van der Waals surface area contributed by atoms with Crippen LogP contribution in [0.25, 0.3) is 0 Å². The summed E-state index contributed by atoms with van der Waals surface area (Å²) in [5, 5.41) is 27.2. The zero-order valence-electron chi connectivity index (χ0n) is 18.1. The molecule has 27 heavy (non-hydrogen) atoms. The maximum atomic E-state index is 9.19. The molecule has 0 aliphatic rings. The van der Waals surface area contributed by atoms with E-state index in [4.69, 9.17) is 15.9 Å². The Labute approximate surface area is 168 Å². The van der Waals surface area contributed by atoms with Gasteiger partial charge in [0.15, 0.2) is 6.29 Å². The first-order valence-electron chi connectivity index (χ1n) is 11.8. The third kappa shape index (κ3) is 18.9. The number of unbranched alkanes of at least 4 members (excludes halogenated alkanes) is 14. The van der Waals surface area contributed by atoms with Crippen LogP contribution in [0, 0.1) is 0 Å². The summed E-state index contributed by atoms with van der Waals surface area (Å²) in [6.07, 6.45) is 21.1. The van der Waals surface area contributed by atoms with Crippen LogP contribution >= 0.6 is 0 Å². The van der Waals surface area contributed by atoms with Gasteiger partial charge in [-0.2, -0.15) is 0 Å². The van der Waals surface area contributed by atoms with Crippen LogP contribution in [0.3, 0.4) is 0 Å². The topological polar surface area (TPSA) is 86.7 Å². The van der Waals surface area contributed by atoms with Crippen molar-refractivity contribution in [1.82, 2.24) is 0 Å². The molecule has 0 saturated heterocycles. The minimum Gasteiger partial charge on any atom is -0.396 e. The first-order chi connectivity index (χ1) is 13.0. The lowest BCUT2D eigenvalue weighted by atomic mass is 9.85. The number of hydrogen-bond donors (Lipinski definition) is 4. The molecule has 0 spiro atoms. The summed E-state index contributed by atoms with van der Waals surface area (Å²) in [6, 6.07) is 0. The number of rotatable bonds is 21. The number of aliphatic hydroxyl groups excluding tert-OH is 2.